The predicted molar refractivity (Wildman–Crippen MR) is 125 cm³/mol. The monoisotopic (exact) mass is 416 g/mol. The van der Waals surface area contributed by atoms with Crippen LogP contribution in [-0.4, -0.2) is 36.4 Å². The van der Waals surface area contributed by atoms with Gasteiger partial charge < -0.3 is 15.0 Å². The number of amides is 2. The lowest BCUT2D eigenvalue weighted by molar-refractivity contribution is -0.127. The number of ether oxygens (including phenoxy) is 1. The van der Waals surface area contributed by atoms with Crippen LogP contribution in [0, 0.1) is 0 Å². The van der Waals surface area contributed by atoms with Gasteiger partial charge in [-0.1, -0.05) is 48.5 Å². The molecule has 0 bridgehead atoms. The molecule has 0 spiro atoms. The van der Waals surface area contributed by atoms with Crippen LogP contribution in [0.4, 0.5) is 0 Å². The number of benzene rings is 3. The lowest BCUT2D eigenvalue weighted by Gasteiger charge is -2.21. The van der Waals surface area contributed by atoms with E-state index in [1.165, 1.54) is 0 Å². The molecule has 0 radical (unpaired) electrons. The summed E-state index contributed by atoms with van der Waals surface area (Å²) < 4.78 is 5.76. The molecule has 0 saturated carbocycles. The summed E-state index contributed by atoms with van der Waals surface area (Å²) in [7, 11) is 0. The SMILES string of the molecule is CCOc1ccc(C=C(NC(=O)c2ccccc2)C(=O)N(CC)CC)c2ccccc12. The van der Waals surface area contributed by atoms with Crippen molar-refractivity contribution < 1.29 is 14.3 Å². The van der Waals surface area contributed by atoms with Gasteiger partial charge >= 0.3 is 0 Å². The minimum absolute atomic E-state index is 0.216. The molecular weight excluding hydrogens is 388 g/mol. The fourth-order valence-electron chi connectivity index (χ4n) is 3.47. The lowest BCUT2D eigenvalue weighted by Crippen LogP contribution is -2.38. The molecule has 5 heteroatoms. The van der Waals surface area contributed by atoms with Gasteiger partial charge in [0.1, 0.15) is 11.4 Å². The first-order chi connectivity index (χ1) is 15.1. The number of carbonyl (C=O) groups is 2. The van der Waals surface area contributed by atoms with E-state index in [1.807, 2.05) is 63.2 Å². The van der Waals surface area contributed by atoms with E-state index >= 15 is 0 Å². The summed E-state index contributed by atoms with van der Waals surface area (Å²) >= 11 is 0. The van der Waals surface area contributed by atoms with Crippen LogP contribution in [-0.2, 0) is 4.79 Å². The number of hydrogen-bond donors (Lipinski definition) is 1. The molecular formula is C26H28N2O3. The summed E-state index contributed by atoms with van der Waals surface area (Å²) in [5.74, 6) is 0.259. The average Bonchev–Trinajstić information content (AvgIpc) is 2.81. The maximum atomic E-state index is 13.2. The molecule has 0 aromatic heterocycles. The highest BCUT2D eigenvalue weighted by Crippen LogP contribution is 2.30. The average molecular weight is 417 g/mol. The number of likely N-dealkylation sites (N-methyl/N-ethyl adjacent to an activating group) is 1. The minimum atomic E-state index is -0.317. The molecule has 0 aliphatic rings. The van der Waals surface area contributed by atoms with E-state index in [4.69, 9.17) is 4.74 Å². The first-order valence-corrected chi connectivity index (χ1v) is 10.6. The Labute approximate surface area is 183 Å². The molecule has 3 aromatic rings. The Morgan fingerprint density at radius 1 is 0.871 bits per heavy atom. The Hall–Kier alpha value is -3.60. The fourth-order valence-corrected chi connectivity index (χ4v) is 3.47. The van der Waals surface area contributed by atoms with Gasteiger partial charge in [-0.3, -0.25) is 9.59 Å². The largest absolute Gasteiger partial charge is 0.493 e. The van der Waals surface area contributed by atoms with Crippen molar-refractivity contribution >= 4 is 28.7 Å². The van der Waals surface area contributed by atoms with E-state index in [9.17, 15) is 9.59 Å². The molecule has 0 aliphatic carbocycles. The normalized spacial score (nSPS) is 11.3. The van der Waals surface area contributed by atoms with Crippen molar-refractivity contribution in [2.24, 2.45) is 0 Å². The van der Waals surface area contributed by atoms with Crippen molar-refractivity contribution in [3.8, 4) is 5.75 Å². The van der Waals surface area contributed by atoms with Crippen LogP contribution < -0.4 is 10.1 Å². The molecule has 3 aromatic carbocycles. The standard InChI is InChI=1S/C26H28N2O3/c1-4-28(5-2)26(30)23(27-25(29)19-12-8-7-9-13-19)18-20-16-17-24(31-6-3)22-15-11-10-14-21(20)22/h7-18H,4-6H2,1-3H3,(H,27,29). The highest BCUT2D eigenvalue weighted by Gasteiger charge is 2.19. The zero-order valence-corrected chi connectivity index (χ0v) is 18.2. The summed E-state index contributed by atoms with van der Waals surface area (Å²) in [6.07, 6.45) is 1.75. The van der Waals surface area contributed by atoms with E-state index in [-0.39, 0.29) is 17.5 Å². The zero-order chi connectivity index (χ0) is 22.2. The number of fused-ring (bicyclic) bond motifs is 1. The topological polar surface area (TPSA) is 58.6 Å². The number of nitrogens with zero attached hydrogens (tertiary/aromatic N) is 1. The molecule has 0 atom stereocenters. The fraction of sp³-hybridized carbons (Fsp3) is 0.231. The quantitative estimate of drug-likeness (QED) is 0.533. The van der Waals surface area contributed by atoms with Gasteiger partial charge in [-0.2, -0.15) is 0 Å². The van der Waals surface area contributed by atoms with Crippen molar-refractivity contribution in [2.75, 3.05) is 19.7 Å². The van der Waals surface area contributed by atoms with Crippen LogP contribution in [0.5, 0.6) is 5.75 Å². The van der Waals surface area contributed by atoms with E-state index in [1.54, 1.807) is 35.2 Å². The van der Waals surface area contributed by atoms with E-state index in [0.29, 0.717) is 25.3 Å². The molecule has 160 valence electrons. The van der Waals surface area contributed by atoms with Crippen LogP contribution in [0.2, 0.25) is 0 Å². The first kappa shape index (κ1) is 22.1. The van der Waals surface area contributed by atoms with Crippen molar-refractivity contribution in [3.63, 3.8) is 0 Å². The highest BCUT2D eigenvalue weighted by atomic mass is 16.5. The third kappa shape index (κ3) is 5.12. The summed E-state index contributed by atoms with van der Waals surface area (Å²) in [5, 5.41) is 4.75. The molecule has 0 unspecified atom stereocenters. The van der Waals surface area contributed by atoms with Gasteiger partial charge in [0.05, 0.1) is 6.61 Å². The highest BCUT2D eigenvalue weighted by molar-refractivity contribution is 6.07. The van der Waals surface area contributed by atoms with Crippen LogP contribution in [0.3, 0.4) is 0 Å². The van der Waals surface area contributed by atoms with Crippen molar-refractivity contribution in [1.29, 1.82) is 0 Å². The van der Waals surface area contributed by atoms with Gasteiger partial charge in [-0.25, -0.2) is 0 Å². The number of nitrogens with one attached hydrogen (secondary N) is 1. The van der Waals surface area contributed by atoms with Gasteiger partial charge in [-0.05, 0) is 56.0 Å². The second-order valence-corrected chi connectivity index (χ2v) is 6.99. The molecule has 1 N–H and O–H groups in total. The molecule has 0 fully saturated rings. The van der Waals surface area contributed by atoms with Gasteiger partial charge in [0.15, 0.2) is 0 Å². The van der Waals surface area contributed by atoms with Crippen LogP contribution in [0.15, 0.2) is 72.4 Å². The second kappa shape index (κ2) is 10.4. The summed E-state index contributed by atoms with van der Waals surface area (Å²) in [6.45, 7) is 7.46. The van der Waals surface area contributed by atoms with Crippen molar-refractivity contribution in [1.82, 2.24) is 10.2 Å². The Morgan fingerprint density at radius 2 is 1.52 bits per heavy atom. The lowest BCUT2D eigenvalue weighted by atomic mass is 10.0. The van der Waals surface area contributed by atoms with Crippen molar-refractivity contribution in [2.45, 2.75) is 20.8 Å². The summed E-state index contributed by atoms with van der Waals surface area (Å²) in [4.78, 5) is 27.7. The maximum absolute atomic E-state index is 13.2. The Bertz CT molecular complexity index is 1090. The van der Waals surface area contributed by atoms with Crippen molar-refractivity contribution in [3.05, 3.63) is 83.6 Å². The van der Waals surface area contributed by atoms with E-state index in [0.717, 1.165) is 22.1 Å². The van der Waals surface area contributed by atoms with Gasteiger partial charge in [-0.15, -0.1) is 0 Å². The molecule has 31 heavy (non-hydrogen) atoms. The van der Waals surface area contributed by atoms with Gasteiger partial charge in [0.2, 0.25) is 0 Å². The zero-order valence-electron chi connectivity index (χ0n) is 18.2. The molecule has 2 amide bonds. The molecule has 5 nitrogen and oxygen atoms in total. The predicted octanol–water partition coefficient (Wildman–Crippen LogP) is 4.88. The smallest absolute Gasteiger partial charge is 0.270 e. The van der Waals surface area contributed by atoms with Crippen LogP contribution in [0.25, 0.3) is 16.8 Å². The van der Waals surface area contributed by atoms with E-state index in [2.05, 4.69) is 5.32 Å². The number of hydrogen-bond acceptors (Lipinski definition) is 3. The number of carbonyl (C=O) groups excluding carboxylic acids is 2. The third-order valence-electron chi connectivity index (χ3n) is 5.08. The summed E-state index contributed by atoms with van der Waals surface area (Å²) in [6, 6.07) is 20.6. The minimum Gasteiger partial charge on any atom is -0.493 e. The van der Waals surface area contributed by atoms with Gasteiger partial charge in [0, 0.05) is 24.0 Å². The third-order valence-corrected chi connectivity index (χ3v) is 5.08. The molecule has 0 aliphatic heterocycles. The van der Waals surface area contributed by atoms with Gasteiger partial charge in [0.25, 0.3) is 11.8 Å². The second-order valence-electron chi connectivity index (χ2n) is 6.99. The van der Waals surface area contributed by atoms with Crippen LogP contribution >= 0.6 is 0 Å². The Kier molecular flexibility index (Phi) is 7.44. The molecule has 3 rings (SSSR count). The summed E-state index contributed by atoms with van der Waals surface area (Å²) in [5.41, 5.74) is 1.58. The first-order valence-electron chi connectivity index (χ1n) is 10.6. The van der Waals surface area contributed by atoms with E-state index < -0.39 is 0 Å². The maximum Gasteiger partial charge on any atom is 0.270 e. The molecule has 0 saturated heterocycles. The Balaban J connectivity index is 2.07. The Morgan fingerprint density at radius 3 is 2.16 bits per heavy atom. The van der Waals surface area contributed by atoms with Crippen LogP contribution in [0.1, 0.15) is 36.7 Å². The molecule has 0 heterocycles. The number of rotatable bonds is 8.